The molecule has 0 nitrogen and oxygen atoms in total. The molecule has 0 bridgehead atoms. The van der Waals surface area contributed by atoms with Crippen molar-refractivity contribution in [2.75, 3.05) is 0 Å². The van der Waals surface area contributed by atoms with E-state index in [2.05, 4.69) is 103 Å². The van der Waals surface area contributed by atoms with E-state index in [-0.39, 0.29) is 5.41 Å². The number of rotatable bonds is 5. The molecular weight excluding hydrogens is 348 g/mol. The van der Waals surface area contributed by atoms with Crippen LogP contribution in [0.25, 0.3) is 27.6 Å². The van der Waals surface area contributed by atoms with Crippen molar-refractivity contribution in [3.05, 3.63) is 65.2 Å². The van der Waals surface area contributed by atoms with E-state index in [1.807, 2.05) is 0 Å². The van der Waals surface area contributed by atoms with Crippen molar-refractivity contribution >= 4 is 27.6 Å². The fourth-order valence-corrected chi connectivity index (χ4v) is 5.45. The zero-order valence-electron chi connectivity index (χ0n) is 19.2. The molecule has 3 aromatic carbocycles. The van der Waals surface area contributed by atoms with Crippen LogP contribution in [0.2, 0.25) is 0 Å². The van der Waals surface area contributed by atoms with E-state index in [4.69, 9.17) is 0 Å². The predicted octanol–water partition coefficient (Wildman–Crippen LogP) is 8.54. The molecule has 3 aromatic rings. The smallest absolute Gasteiger partial charge is 0.0139 e. The standard InChI is InChI=1S/C29H36/c1-18(2)22(6)20(4)17-21(5)29(7)16-15-27-26-12-11-23-19(3)9-8-10-24(23)25(26)13-14-28(27)29/h8-16,18,20-22H,17H2,1-7H3/t20-,21+,22-,29-/m0/s1. The summed E-state index contributed by atoms with van der Waals surface area (Å²) in [5.74, 6) is 2.87. The first-order chi connectivity index (χ1) is 13.7. The molecule has 0 heterocycles. The van der Waals surface area contributed by atoms with Gasteiger partial charge in [0, 0.05) is 5.41 Å². The Morgan fingerprint density at radius 2 is 1.45 bits per heavy atom. The van der Waals surface area contributed by atoms with E-state index in [1.54, 1.807) is 0 Å². The maximum atomic E-state index is 2.48. The maximum absolute atomic E-state index is 2.48. The lowest BCUT2D eigenvalue weighted by molar-refractivity contribution is 0.223. The molecule has 0 amide bonds. The molecule has 152 valence electrons. The van der Waals surface area contributed by atoms with Gasteiger partial charge in [-0.1, -0.05) is 96.2 Å². The Morgan fingerprint density at radius 3 is 2.17 bits per heavy atom. The number of hydrogen-bond donors (Lipinski definition) is 0. The van der Waals surface area contributed by atoms with E-state index in [1.165, 1.54) is 44.7 Å². The Bertz CT molecular complexity index is 1080. The minimum Gasteiger partial charge on any atom is -0.0733 e. The third kappa shape index (κ3) is 3.21. The molecule has 0 heteroatoms. The fraction of sp³-hybridized carbons (Fsp3) is 0.448. The number of fused-ring (bicyclic) bond motifs is 5. The van der Waals surface area contributed by atoms with Crippen LogP contribution in [0.4, 0.5) is 0 Å². The molecule has 0 spiro atoms. The summed E-state index contributed by atoms with van der Waals surface area (Å²) in [6.07, 6.45) is 6.15. The summed E-state index contributed by atoms with van der Waals surface area (Å²) in [4.78, 5) is 0. The zero-order valence-corrected chi connectivity index (χ0v) is 19.2. The van der Waals surface area contributed by atoms with Crippen molar-refractivity contribution in [2.24, 2.45) is 23.7 Å². The van der Waals surface area contributed by atoms with Crippen molar-refractivity contribution in [3.63, 3.8) is 0 Å². The van der Waals surface area contributed by atoms with Gasteiger partial charge in [-0.2, -0.15) is 0 Å². The van der Waals surface area contributed by atoms with Crippen LogP contribution in [0.5, 0.6) is 0 Å². The van der Waals surface area contributed by atoms with Crippen LogP contribution in [-0.2, 0) is 5.41 Å². The molecule has 0 fully saturated rings. The Hall–Kier alpha value is -2.08. The van der Waals surface area contributed by atoms with Crippen molar-refractivity contribution in [3.8, 4) is 0 Å². The van der Waals surface area contributed by atoms with Gasteiger partial charge in [-0.05, 0) is 75.3 Å². The largest absolute Gasteiger partial charge is 0.0733 e. The summed E-state index contributed by atoms with van der Waals surface area (Å²) in [5.41, 5.74) is 4.42. The highest BCUT2D eigenvalue weighted by Crippen LogP contribution is 2.47. The number of aryl methyl sites for hydroxylation is 1. The Labute approximate surface area is 177 Å². The molecule has 4 atom stereocenters. The molecule has 0 radical (unpaired) electrons. The molecule has 0 aliphatic heterocycles. The van der Waals surface area contributed by atoms with Gasteiger partial charge in [0.25, 0.3) is 0 Å². The van der Waals surface area contributed by atoms with Crippen LogP contribution in [0, 0.1) is 30.6 Å². The Balaban J connectivity index is 1.75. The Morgan fingerprint density at radius 1 is 0.793 bits per heavy atom. The maximum Gasteiger partial charge on any atom is 0.0139 e. The number of allylic oxidation sites excluding steroid dienone is 1. The van der Waals surface area contributed by atoms with E-state index >= 15 is 0 Å². The molecule has 0 saturated carbocycles. The summed E-state index contributed by atoms with van der Waals surface area (Å²) >= 11 is 0. The zero-order chi connectivity index (χ0) is 20.9. The summed E-state index contributed by atoms with van der Waals surface area (Å²) in [6.45, 7) is 16.7. The van der Waals surface area contributed by atoms with Gasteiger partial charge in [0.1, 0.15) is 0 Å². The first kappa shape index (κ1) is 20.2. The van der Waals surface area contributed by atoms with E-state index in [0.717, 1.165) is 17.8 Å². The second-order valence-corrected chi connectivity index (χ2v) is 10.2. The highest BCUT2D eigenvalue weighted by atomic mass is 14.4. The highest BCUT2D eigenvalue weighted by molar-refractivity contribution is 6.11. The highest BCUT2D eigenvalue weighted by Gasteiger charge is 2.37. The van der Waals surface area contributed by atoms with Crippen molar-refractivity contribution < 1.29 is 0 Å². The lowest BCUT2D eigenvalue weighted by Crippen LogP contribution is -2.30. The van der Waals surface area contributed by atoms with Gasteiger partial charge in [0.2, 0.25) is 0 Å². The van der Waals surface area contributed by atoms with Crippen LogP contribution in [0.1, 0.15) is 64.7 Å². The normalized spacial score (nSPS) is 21.7. The van der Waals surface area contributed by atoms with E-state index < -0.39 is 0 Å². The van der Waals surface area contributed by atoms with Crippen LogP contribution in [0.15, 0.2) is 48.5 Å². The minimum absolute atomic E-state index is 0.121. The van der Waals surface area contributed by atoms with Crippen LogP contribution >= 0.6 is 0 Å². The summed E-state index contributed by atoms with van der Waals surface area (Å²) < 4.78 is 0. The number of hydrogen-bond acceptors (Lipinski definition) is 0. The van der Waals surface area contributed by atoms with Gasteiger partial charge in [-0.3, -0.25) is 0 Å². The van der Waals surface area contributed by atoms with Gasteiger partial charge >= 0.3 is 0 Å². The summed E-state index contributed by atoms with van der Waals surface area (Å²) in [5, 5.41) is 5.53. The second kappa shape index (κ2) is 7.31. The lowest BCUT2D eigenvalue weighted by Gasteiger charge is -2.35. The first-order valence-electron chi connectivity index (χ1n) is 11.4. The van der Waals surface area contributed by atoms with Crippen LogP contribution in [-0.4, -0.2) is 0 Å². The lowest BCUT2D eigenvalue weighted by atomic mass is 9.69. The van der Waals surface area contributed by atoms with Crippen molar-refractivity contribution in [1.29, 1.82) is 0 Å². The van der Waals surface area contributed by atoms with Crippen LogP contribution in [0.3, 0.4) is 0 Å². The van der Waals surface area contributed by atoms with E-state index in [9.17, 15) is 0 Å². The topological polar surface area (TPSA) is 0 Å². The van der Waals surface area contributed by atoms with Crippen LogP contribution < -0.4 is 0 Å². The molecule has 29 heavy (non-hydrogen) atoms. The molecule has 1 aliphatic carbocycles. The van der Waals surface area contributed by atoms with Gasteiger partial charge < -0.3 is 0 Å². The van der Waals surface area contributed by atoms with Crippen molar-refractivity contribution in [2.45, 2.75) is 60.3 Å². The Kier molecular flexibility index (Phi) is 5.09. The van der Waals surface area contributed by atoms with Crippen molar-refractivity contribution in [1.82, 2.24) is 0 Å². The molecule has 0 N–H and O–H groups in total. The predicted molar refractivity (Wildman–Crippen MR) is 130 cm³/mol. The molecular formula is C29H36. The first-order valence-corrected chi connectivity index (χ1v) is 11.4. The third-order valence-corrected chi connectivity index (χ3v) is 8.19. The number of benzene rings is 3. The third-order valence-electron chi connectivity index (χ3n) is 8.19. The van der Waals surface area contributed by atoms with Gasteiger partial charge in [0.15, 0.2) is 0 Å². The molecule has 1 aliphatic rings. The quantitative estimate of drug-likeness (QED) is 0.387. The average Bonchev–Trinajstić information content (AvgIpc) is 3.05. The average molecular weight is 385 g/mol. The SMILES string of the molecule is Cc1cccc2c1ccc1c3c(ccc12)[C@](C)([C@H](C)C[C@H](C)[C@@H](C)C(C)C)C=C3. The molecule has 0 saturated heterocycles. The monoisotopic (exact) mass is 384 g/mol. The fourth-order valence-electron chi connectivity index (χ4n) is 5.45. The summed E-state index contributed by atoms with van der Waals surface area (Å²) in [7, 11) is 0. The molecule has 0 aromatic heterocycles. The minimum atomic E-state index is 0.121. The van der Waals surface area contributed by atoms with Gasteiger partial charge in [-0.15, -0.1) is 0 Å². The van der Waals surface area contributed by atoms with E-state index in [0.29, 0.717) is 5.92 Å². The molecule has 4 rings (SSSR count). The summed E-state index contributed by atoms with van der Waals surface area (Å²) in [6, 6.07) is 16.1. The van der Waals surface area contributed by atoms with Gasteiger partial charge in [-0.25, -0.2) is 0 Å². The molecule has 0 unspecified atom stereocenters. The van der Waals surface area contributed by atoms with Gasteiger partial charge in [0.05, 0.1) is 0 Å². The second-order valence-electron chi connectivity index (χ2n) is 10.2.